The molecule has 0 saturated heterocycles. The molecule has 0 spiro atoms. The van der Waals surface area contributed by atoms with Gasteiger partial charge in [0.25, 0.3) is 0 Å². The van der Waals surface area contributed by atoms with Crippen molar-refractivity contribution in [3.8, 4) is 11.5 Å². The van der Waals surface area contributed by atoms with E-state index in [0.29, 0.717) is 13.2 Å². The molecule has 0 unspecified atom stereocenters. The van der Waals surface area contributed by atoms with Crippen LogP contribution in [-0.2, 0) is 6.54 Å². The van der Waals surface area contributed by atoms with Crippen LogP contribution in [0.25, 0.3) is 0 Å². The molecule has 1 aromatic carbocycles. The van der Waals surface area contributed by atoms with Crippen molar-refractivity contribution in [1.29, 1.82) is 0 Å². The van der Waals surface area contributed by atoms with Gasteiger partial charge < -0.3 is 19.8 Å². The lowest BCUT2D eigenvalue weighted by atomic mass is 10.2. The van der Waals surface area contributed by atoms with Crippen molar-refractivity contribution in [3.63, 3.8) is 0 Å². The number of aromatic amines is 1. The average molecular weight is 260 g/mol. The van der Waals surface area contributed by atoms with Gasteiger partial charge in [0, 0.05) is 30.7 Å². The summed E-state index contributed by atoms with van der Waals surface area (Å²) in [5, 5.41) is 3.36. The monoisotopic (exact) mass is 260 g/mol. The minimum absolute atomic E-state index is 0.626. The highest BCUT2D eigenvalue weighted by Crippen LogP contribution is 2.30. The maximum Gasteiger partial charge on any atom is 0.163 e. The molecule has 0 bridgehead atoms. The molecule has 1 aromatic heterocycles. The van der Waals surface area contributed by atoms with Crippen molar-refractivity contribution < 1.29 is 9.47 Å². The van der Waals surface area contributed by atoms with Gasteiger partial charge in [0.15, 0.2) is 11.5 Å². The zero-order valence-electron chi connectivity index (χ0n) is 11.4. The van der Waals surface area contributed by atoms with Gasteiger partial charge in [-0.1, -0.05) is 0 Å². The molecular weight excluding hydrogens is 240 g/mol. The van der Waals surface area contributed by atoms with E-state index in [2.05, 4.69) is 10.3 Å². The van der Waals surface area contributed by atoms with Gasteiger partial charge >= 0.3 is 0 Å². The molecule has 0 atom stereocenters. The van der Waals surface area contributed by atoms with Gasteiger partial charge in [-0.05, 0) is 37.6 Å². The number of rotatable bonds is 7. The Kier molecular flexibility index (Phi) is 4.72. The number of hydrogen-bond donors (Lipinski definition) is 2. The smallest absolute Gasteiger partial charge is 0.163 e. The van der Waals surface area contributed by atoms with Gasteiger partial charge in [0.05, 0.1) is 13.2 Å². The standard InChI is InChI=1S/C15H20N2O2/c1-3-18-14-6-5-13(9-15(14)19-4-2)17-11-12-7-8-16-10-12/h5-10,16-17H,3-4,11H2,1-2H3. The van der Waals surface area contributed by atoms with E-state index in [1.807, 2.05) is 50.5 Å². The number of aromatic nitrogens is 1. The van der Waals surface area contributed by atoms with Gasteiger partial charge in [0.2, 0.25) is 0 Å². The summed E-state index contributed by atoms with van der Waals surface area (Å²) in [6.45, 7) is 5.98. The molecule has 102 valence electrons. The second-order valence-electron chi connectivity index (χ2n) is 4.10. The van der Waals surface area contributed by atoms with Crippen LogP contribution in [0.3, 0.4) is 0 Å². The Bertz CT molecular complexity index is 495. The second-order valence-corrected chi connectivity index (χ2v) is 4.10. The minimum Gasteiger partial charge on any atom is -0.490 e. The molecule has 2 rings (SSSR count). The molecule has 0 fully saturated rings. The van der Waals surface area contributed by atoms with E-state index in [4.69, 9.17) is 9.47 Å². The summed E-state index contributed by atoms with van der Waals surface area (Å²) in [4.78, 5) is 3.04. The van der Waals surface area contributed by atoms with Crippen molar-refractivity contribution in [2.75, 3.05) is 18.5 Å². The third-order valence-corrected chi connectivity index (χ3v) is 2.70. The SMILES string of the molecule is CCOc1ccc(NCc2cc[nH]c2)cc1OCC. The highest BCUT2D eigenvalue weighted by molar-refractivity contribution is 5.55. The Morgan fingerprint density at radius 3 is 2.53 bits per heavy atom. The zero-order chi connectivity index (χ0) is 13.5. The number of ether oxygens (including phenoxy) is 2. The van der Waals surface area contributed by atoms with E-state index in [1.165, 1.54) is 5.56 Å². The quantitative estimate of drug-likeness (QED) is 0.801. The van der Waals surface area contributed by atoms with E-state index in [9.17, 15) is 0 Å². The summed E-state index contributed by atoms with van der Waals surface area (Å²) in [7, 11) is 0. The molecule has 4 nitrogen and oxygen atoms in total. The Hall–Kier alpha value is -2.10. The number of anilines is 1. The average Bonchev–Trinajstić information content (AvgIpc) is 2.93. The molecule has 19 heavy (non-hydrogen) atoms. The Morgan fingerprint density at radius 1 is 1.05 bits per heavy atom. The number of H-pyrrole nitrogens is 1. The molecule has 0 aliphatic carbocycles. The highest BCUT2D eigenvalue weighted by atomic mass is 16.5. The van der Waals surface area contributed by atoms with E-state index in [-0.39, 0.29) is 0 Å². The van der Waals surface area contributed by atoms with Crippen LogP contribution in [-0.4, -0.2) is 18.2 Å². The molecule has 0 aliphatic rings. The van der Waals surface area contributed by atoms with Gasteiger partial charge in [-0.15, -0.1) is 0 Å². The van der Waals surface area contributed by atoms with Crippen molar-refractivity contribution in [1.82, 2.24) is 4.98 Å². The first-order valence-electron chi connectivity index (χ1n) is 6.58. The summed E-state index contributed by atoms with van der Waals surface area (Å²) < 4.78 is 11.1. The van der Waals surface area contributed by atoms with Crippen LogP contribution in [0.5, 0.6) is 11.5 Å². The molecule has 1 heterocycles. The molecule has 2 aromatic rings. The fourth-order valence-electron chi connectivity index (χ4n) is 1.83. The maximum atomic E-state index is 5.60. The Morgan fingerprint density at radius 2 is 1.84 bits per heavy atom. The first-order chi connectivity index (χ1) is 9.33. The van der Waals surface area contributed by atoms with E-state index in [1.54, 1.807) is 0 Å². The molecule has 2 N–H and O–H groups in total. The largest absolute Gasteiger partial charge is 0.490 e. The summed E-state index contributed by atoms with van der Waals surface area (Å²) in [6.07, 6.45) is 3.89. The molecule has 0 amide bonds. The van der Waals surface area contributed by atoms with Gasteiger partial charge in [0.1, 0.15) is 0 Å². The highest BCUT2D eigenvalue weighted by Gasteiger charge is 2.06. The summed E-state index contributed by atoms with van der Waals surface area (Å²) in [5.74, 6) is 1.57. The van der Waals surface area contributed by atoms with E-state index < -0.39 is 0 Å². The normalized spacial score (nSPS) is 10.2. The fraction of sp³-hybridized carbons (Fsp3) is 0.333. The lowest BCUT2D eigenvalue weighted by Gasteiger charge is -2.13. The van der Waals surface area contributed by atoms with Crippen LogP contribution in [0.4, 0.5) is 5.69 Å². The maximum absolute atomic E-state index is 5.60. The summed E-state index contributed by atoms with van der Waals surface area (Å²) in [6, 6.07) is 7.96. The number of benzene rings is 1. The van der Waals surface area contributed by atoms with Crippen LogP contribution in [0.1, 0.15) is 19.4 Å². The van der Waals surface area contributed by atoms with Crippen molar-refractivity contribution in [3.05, 3.63) is 42.2 Å². The lowest BCUT2D eigenvalue weighted by Crippen LogP contribution is -2.01. The van der Waals surface area contributed by atoms with Gasteiger partial charge in [-0.2, -0.15) is 0 Å². The topological polar surface area (TPSA) is 46.3 Å². The van der Waals surface area contributed by atoms with Crippen LogP contribution in [0.15, 0.2) is 36.7 Å². The Labute approximate surface area is 113 Å². The first kappa shape index (κ1) is 13.3. The minimum atomic E-state index is 0.626. The van der Waals surface area contributed by atoms with Crippen LogP contribution < -0.4 is 14.8 Å². The van der Waals surface area contributed by atoms with E-state index >= 15 is 0 Å². The molecule has 0 radical (unpaired) electrons. The molecule has 4 heteroatoms. The zero-order valence-corrected chi connectivity index (χ0v) is 11.4. The van der Waals surface area contributed by atoms with Gasteiger partial charge in [-0.3, -0.25) is 0 Å². The van der Waals surface area contributed by atoms with Crippen LogP contribution in [0, 0.1) is 0 Å². The van der Waals surface area contributed by atoms with E-state index in [0.717, 1.165) is 23.7 Å². The number of hydrogen-bond acceptors (Lipinski definition) is 3. The van der Waals surface area contributed by atoms with Gasteiger partial charge in [-0.25, -0.2) is 0 Å². The molecular formula is C15H20N2O2. The van der Waals surface area contributed by atoms with Crippen LogP contribution in [0.2, 0.25) is 0 Å². The first-order valence-corrected chi connectivity index (χ1v) is 6.58. The number of nitrogens with one attached hydrogen (secondary N) is 2. The lowest BCUT2D eigenvalue weighted by molar-refractivity contribution is 0.288. The molecule has 0 aliphatic heterocycles. The fourth-order valence-corrected chi connectivity index (χ4v) is 1.83. The molecule has 0 saturated carbocycles. The third-order valence-electron chi connectivity index (χ3n) is 2.70. The van der Waals surface area contributed by atoms with Crippen molar-refractivity contribution in [2.45, 2.75) is 20.4 Å². The van der Waals surface area contributed by atoms with Crippen molar-refractivity contribution >= 4 is 5.69 Å². The predicted molar refractivity (Wildman–Crippen MR) is 76.9 cm³/mol. The Balaban J connectivity index is 2.06. The second kappa shape index (κ2) is 6.73. The van der Waals surface area contributed by atoms with Crippen LogP contribution >= 0.6 is 0 Å². The summed E-state index contributed by atoms with van der Waals surface area (Å²) in [5.41, 5.74) is 2.24. The summed E-state index contributed by atoms with van der Waals surface area (Å²) >= 11 is 0. The van der Waals surface area contributed by atoms with Crippen molar-refractivity contribution in [2.24, 2.45) is 0 Å². The third kappa shape index (κ3) is 3.68. The predicted octanol–water partition coefficient (Wildman–Crippen LogP) is 3.42.